The van der Waals surface area contributed by atoms with E-state index in [2.05, 4.69) is 15.6 Å². The van der Waals surface area contributed by atoms with Crippen molar-refractivity contribution >= 4 is 40.1 Å². The second kappa shape index (κ2) is 8.52. The molecule has 0 radical (unpaired) electrons. The predicted octanol–water partition coefficient (Wildman–Crippen LogP) is 4.08. The lowest BCUT2D eigenvalue weighted by atomic mass is 10.1. The van der Waals surface area contributed by atoms with Crippen molar-refractivity contribution in [1.29, 1.82) is 0 Å². The third kappa shape index (κ3) is 4.56. The molecule has 28 heavy (non-hydrogen) atoms. The number of halogens is 2. The van der Waals surface area contributed by atoms with E-state index in [0.29, 0.717) is 11.2 Å². The number of amidine groups is 1. The zero-order chi connectivity index (χ0) is 20.3. The van der Waals surface area contributed by atoms with Crippen LogP contribution < -0.4 is 10.6 Å². The van der Waals surface area contributed by atoms with E-state index in [1.54, 1.807) is 0 Å². The van der Waals surface area contributed by atoms with Crippen LogP contribution in [0.2, 0.25) is 0 Å². The van der Waals surface area contributed by atoms with Gasteiger partial charge >= 0.3 is 0 Å². The number of aliphatic imine (C=N–C) groups is 1. The van der Waals surface area contributed by atoms with Crippen molar-refractivity contribution in [3.8, 4) is 0 Å². The number of rotatable bonds is 5. The number of aryl methyl sites for hydroxylation is 2. The summed E-state index contributed by atoms with van der Waals surface area (Å²) in [4.78, 5) is 28.9. The van der Waals surface area contributed by atoms with Crippen LogP contribution in [0.4, 0.5) is 20.2 Å². The summed E-state index contributed by atoms with van der Waals surface area (Å²) in [5, 5.41) is 4.81. The van der Waals surface area contributed by atoms with Crippen molar-refractivity contribution in [2.24, 2.45) is 4.99 Å². The van der Waals surface area contributed by atoms with Gasteiger partial charge in [0.2, 0.25) is 11.8 Å². The van der Waals surface area contributed by atoms with Crippen molar-refractivity contribution in [3.63, 3.8) is 0 Å². The molecule has 8 heteroatoms. The second-order valence-corrected chi connectivity index (χ2v) is 7.52. The Morgan fingerprint density at radius 2 is 2.07 bits per heavy atom. The van der Waals surface area contributed by atoms with Gasteiger partial charge in [-0.3, -0.25) is 9.59 Å². The van der Waals surface area contributed by atoms with Gasteiger partial charge in [-0.2, -0.15) is 0 Å². The van der Waals surface area contributed by atoms with Gasteiger partial charge in [0.15, 0.2) is 5.17 Å². The molecule has 0 bridgehead atoms. The molecular formula is C20H19F2N3O2S. The molecule has 2 aromatic rings. The highest BCUT2D eigenvalue weighted by Crippen LogP contribution is 2.29. The summed E-state index contributed by atoms with van der Waals surface area (Å²) in [7, 11) is 0. The fourth-order valence-electron chi connectivity index (χ4n) is 2.82. The number of anilines is 1. The number of hydrogen-bond acceptors (Lipinski definition) is 4. The lowest BCUT2D eigenvalue weighted by Crippen LogP contribution is -2.28. The molecule has 0 aliphatic carbocycles. The first-order valence-corrected chi connectivity index (χ1v) is 9.65. The number of carbonyl (C=O) groups excluding carboxylic acids is 2. The molecule has 1 aliphatic rings. The van der Waals surface area contributed by atoms with Gasteiger partial charge in [0.25, 0.3) is 0 Å². The third-order valence-electron chi connectivity index (χ3n) is 4.27. The van der Waals surface area contributed by atoms with Gasteiger partial charge in [-0.25, -0.2) is 13.8 Å². The molecule has 2 amide bonds. The first kappa shape index (κ1) is 20.0. The average Bonchev–Trinajstić information content (AvgIpc) is 2.98. The Balaban J connectivity index is 1.69. The van der Waals surface area contributed by atoms with Crippen LogP contribution >= 0.6 is 11.8 Å². The quantitative estimate of drug-likeness (QED) is 0.790. The molecular weight excluding hydrogens is 384 g/mol. The summed E-state index contributed by atoms with van der Waals surface area (Å²) in [6.45, 7) is 3.97. The number of thioether (sulfide) groups is 1. The van der Waals surface area contributed by atoms with Gasteiger partial charge in [0.05, 0.1) is 11.4 Å². The molecule has 1 aliphatic heterocycles. The van der Waals surface area contributed by atoms with Gasteiger partial charge in [-0.05, 0) is 36.6 Å². The van der Waals surface area contributed by atoms with E-state index in [1.165, 1.54) is 0 Å². The lowest BCUT2D eigenvalue weighted by molar-refractivity contribution is -0.122. The van der Waals surface area contributed by atoms with Crippen LogP contribution in [-0.4, -0.2) is 22.2 Å². The molecule has 146 valence electrons. The molecule has 1 saturated heterocycles. The van der Waals surface area contributed by atoms with Gasteiger partial charge < -0.3 is 10.6 Å². The maximum Gasteiger partial charge on any atom is 0.240 e. The monoisotopic (exact) mass is 403 g/mol. The summed E-state index contributed by atoms with van der Waals surface area (Å²) < 4.78 is 26.6. The number of nitrogens with one attached hydrogen (secondary N) is 2. The van der Waals surface area contributed by atoms with Crippen molar-refractivity contribution < 1.29 is 18.4 Å². The molecule has 0 saturated carbocycles. The summed E-state index contributed by atoms with van der Waals surface area (Å²) in [5.74, 6) is -2.47. The molecule has 2 aromatic carbocycles. The maximum absolute atomic E-state index is 13.7. The molecule has 1 heterocycles. The SMILES string of the molecule is CCc1cccc(C)c1N=C1NC(=O)[C@H](CC(=O)Nc2ccc(F)cc2F)S1. The normalized spacial score (nSPS) is 17.6. The topological polar surface area (TPSA) is 70.6 Å². The molecule has 1 fully saturated rings. The smallest absolute Gasteiger partial charge is 0.240 e. The number of carbonyl (C=O) groups is 2. The van der Waals surface area contributed by atoms with Gasteiger partial charge in [0, 0.05) is 12.5 Å². The number of para-hydroxylation sites is 1. The second-order valence-electron chi connectivity index (χ2n) is 6.33. The van der Waals surface area contributed by atoms with Crippen LogP contribution in [0.1, 0.15) is 24.5 Å². The molecule has 5 nitrogen and oxygen atoms in total. The minimum atomic E-state index is -0.870. The zero-order valence-corrected chi connectivity index (χ0v) is 16.2. The zero-order valence-electron chi connectivity index (χ0n) is 15.4. The maximum atomic E-state index is 13.7. The van der Waals surface area contributed by atoms with Crippen LogP contribution in [0.15, 0.2) is 41.4 Å². The van der Waals surface area contributed by atoms with Gasteiger partial charge in [-0.15, -0.1) is 0 Å². The summed E-state index contributed by atoms with van der Waals surface area (Å²) >= 11 is 1.16. The molecule has 2 N–H and O–H groups in total. The Morgan fingerprint density at radius 1 is 1.29 bits per heavy atom. The first-order chi connectivity index (χ1) is 13.4. The molecule has 0 aromatic heterocycles. The fourth-order valence-corrected chi connectivity index (χ4v) is 3.79. The van der Waals surface area contributed by atoms with E-state index in [-0.39, 0.29) is 18.0 Å². The summed E-state index contributed by atoms with van der Waals surface area (Å²) in [6, 6.07) is 8.76. The van der Waals surface area contributed by atoms with Crippen LogP contribution in [0, 0.1) is 18.6 Å². The fraction of sp³-hybridized carbons (Fsp3) is 0.250. The van der Waals surface area contributed by atoms with Crippen molar-refractivity contribution in [2.45, 2.75) is 31.9 Å². The number of nitrogens with zero attached hydrogens (tertiary/aromatic N) is 1. The lowest BCUT2D eigenvalue weighted by Gasteiger charge is -2.08. The van der Waals surface area contributed by atoms with Gasteiger partial charge in [0.1, 0.15) is 16.9 Å². The first-order valence-electron chi connectivity index (χ1n) is 8.77. The van der Waals surface area contributed by atoms with E-state index in [1.807, 2.05) is 32.0 Å². The largest absolute Gasteiger partial charge is 0.324 e. The highest BCUT2D eigenvalue weighted by Gasteiger charge is 2.32. The Hall–Kier alpha value is -2.74. The summed E-state index contributed by atoms with van der Waals surface area (Å²) in [6.07, 6.45) is 0.655. The Bertz CT molecular complexity index is 962. The van der Waals surface area contributed by atoms with E-state index in [4.69, 9.17) is 0 Å². The molecule has 3 rings (SSSR count). The number of benzene rings is 2. The van der Waals surface area contributed by atoms with Crippen molar-refractivity contribution in [2.75, 3.05) is 5.32 Å². The standard InChI is InChI=1S/C20H19F2N3O2S/c1-3-12-6-4-5-11(2)18(12)24-20-25-19(27)16(28-20)10-17(26)23-15-8-7-13(21)9-14(15)22/h4-9,16H,3,10H2,1-2H3,(H,23,26)(H,24,25,27)/t16-/m0/s1. The van der Waals surface area contributed by atoms with E-state index in [0.717, 1.165) is 47.1 Å². The van der Waals surface area contributed by atoms with Crippen LogP contribution in [0.5, 0.6) is 0 Å². The minimum absolute atomic E-state index is 0.129. The minimum Gasteiger partial charge on any atom is -0.324 e. The Morgan fingerprint density at radius 3 is 2.79 bits per heavy atom. The highest BCUT2D eigenvalue weighted by atomic mass is 32.2. The molecule has 0 spiro atoms. The number of hydrogen-bond donors (Lipinski definition) is 2. The van der Waals surface area contributed by atoms with Crippen molar-refractivity contribution in [1.82, 2.24) is 5.32 Å². The summed E-state index contributed by atoms with van der Waals surface area (Å²) in [5.41, 5.74) is 2.74. The molecule has 0 unspecified atom stereocenters. The van der Waals surface area contributed by atoms with E-state index < -0.39 is 22.8 Å². The van der Waals surface area contributed by atoms with E-state index >= 15 is 0 Å². The third-order valence-corrected chi connectivity index (χ3v) is 5.35. The Kier molecular flexibility index (Phi) is 6.08. The highest BCUT2D eigenvalue weighted by molar-refractivity contribution is 8.15. The number of amides is 2. The average molecular weight is 403 g/mol. The Labute approximate surface area is 165 Å². The molecule has 1 atom stereocenters. The van der Waals surface area contributed by atoms with E-state index in [9.17, 15) is 18.4 Å². The van der Waals surface area contributed by atoms with Crippen LogP contribution in [0.25, 0.3) is 0 Å². The van der Waals surface area contributed by atoms with Crippen LogP contribution in [0.3, 0.4) is 0 Å². The van der Waals surface area contributed by atoms with Crippen LogP contribution in [-0.2, 0) is 16.0 Å². The van der Waals surface area contributed by atoms with Gasteiger partial charge in [-0.1, -0.05) is 36.9 Å². The van der Waals surface area contributed by atoms with Crippen molar-refractivity contribution in [3.05, 3.63) is 59.2 Å². The predicted molar refractivity (Wildman–Crippen MR) is 107 cm³/mol.